The molecule has 0 radical (unpaired) electrons. The third-order valence-corrected chi connectivity index (χ3v) is 4.41. The number of nitrogens with two attached hydrogens (primary N) is 1. The topological polar surface area (TPSA) is 26.0 Å². The summed E-state index contributed by atoms with van der Waals surface area (Å²) in [7, 11) is 0. The minimum Gasteiger partial charge on any atom is -0.327 e. The molecule has 0 bridgehead atoms. The predicted molar refractivity (Wildman–Crippen MR) is 80.2 cm³/mol. The normalized spacial score (nSPS) is 12.4. The molecule has 2 N–H and O–H groups in total. The number of hydrogen-bond acceptors (Lipinski definition) is 2. The van der Waals surface area contributed by atoms with Gasteiger partial charge < -0.3 is 5.73 Å². The highest BCUT2D eigenvalue weighted by molar-refractivity contribution is 7.99. The zero-order valence-corrected chi connectivity index (χ0v) is 12.2. The number of halogens is 3. The van der Waals surface area contributed by atoms with Crippen molar-refractivity contribution in [3.63, 3.8) is 0 Å². The molecule has 0 saturated heterocycles. The third kappa shape index (κ3) is 4.20. The van der Waals surface area contributed by atoms with E-state index >= 15 is 0 Å². The van der Waals surface area contributed by atoms with Gasteiger partial charge in [-0.1, -0.05) is 23.7 Å². The molecule has 20 heavy (non-hydrogen) atoms. The van der Waals surface area contributed by atoms with Gasteiger partial charge in [0.15, 0.2) is 0 Å². The van der Waals surface area contributed by atoms with Crippen LogP contribution >= 0.6 is 23.4 Å². The molecule has 0 amide bonds. The number of thioether (sulfide) groups is 1. The Labute approximate surface area is 126 Å². The minimum atomic E-state index is -0.428. The van der Waals surface area contributed by atoms with Crippen molar-refractivity contribution in [2.75, 3.05) is 5.75 Å². The molecule has 1 unspecified atom stereocenters. The van der Waals surface area contributed by atoms with Crippen LogP contribution in [-0.2, 0) is 6.42 Å². The van der Waals surface area contributed by atoms with Crippen LogP contribution in [0.2, 0.25) is 5.02 Å². The fraction of sp³-hybridized carbons (Fsp3) is 0.200. The number of hydrogen-bond donors (Lipinski definition) is 1. The second-order valence-corrected chi connectivity index (χ2v) is 5.91. The first-order valence-electron chi connectivity index (χ1n) is 6.13. The van der Waals surface area contributed by atoms with E-state index in [1.807, 2.05) is 0 Å². The van der Waals surface area contributed by atoms with E-state index in [1.54, 1.807) is 24.3 Å². The monoisotopic (exact) mass is 313 g/mol. The van der Waals surface area contributed by atoms with Crippen LogP contribution in [0.3, 0.4) is 0 Å². The van der Waals surface area contributed by atoms with Gasteiger partial charge in [-0.25, -0.2) is 8.78 Å². The average molecular weight is 314 g/mol. The first kappa shape index (κ1) is 15.3. The van der Waals surface area contributed by atoms with Crippen LogP contribution in [0.5, 0.6) is 0 Å². The van der Waals surface area contributed by atoms with E-state index in [2.05, 4.69) is 0 Å². The molecule has 2 rings (SSSR count). The molecule has 1 nitrogen and oxygen atoms in total. The lowest BCUT2D eigenvalue weighted by Crippen LogP contribution is -2.25. The quantitative estimate of drug-likeness (QED) is 0.834. The zero-order valence-electron chi connectivity index (χ0n) is 10.7. The third-order valence-electron chi connectivity index (χ3n) is 2.79. The number of rotatable bonds is 5. The first-order chi connectivity index (χ1) is 9.56. The van der Waals surface area contributed by atoms with Gasteiger partial charge >= 0.3 is 0 Å². The maximum Gasteiger partial charge on any atom is 0.142 e. The molecule has 0 aromatic heterocycles. The molecule has 106 valence electrons. The van der Waals surface area contributed by atoms with E-state index in [0.29, 0.717) is 17.7 Å². The van der Waals surface area contributed by atoms with Crippen molar-refractivity contribution in [2.24, 2.45) is 5.73 Å². The fourth-order valence-electron chi connectivity index (χ4n) is 1.78. The second kappa shape index (κ2) is 7.07. The summed E-state index contributed by atoms with van der Waals surface area (Å²) in [5.74, 6) is -0.0360. The maximum atomic E-state index is 13.3. The van der Waals surface area contributed by atoms with Gasteiger partial charge in [0, 0.05) is 16.7 Å². The summed E-state index contributed by atoms with van der Waals surface area (Å²) in [5.41, 5.74) is 6.73. The van der Waals surface area contributed by atoms with Gasteiger partial charge in [0.1, 0.15) is 11.6 Å². The molecular weight excluding hydrogens is 300 g/mol. The van der Waals surface area contributed by atoms with Crippen LogP contribution in [0.15, 0.2) is 47.4 Å². The van der Waals surface area contributed by atoms with E-state index in [1.165, 1.54) is 30.0 Å². The van der Waals surface area contributed by atoms with Gasteiger partial charge in [-0.2, -0.15) is 0 Å². The largest absolute Gasteiger partial charge is 0.327 e. The SMILES string of the molecule is NC(CSc1ccc(F)cc1)Cc1cccc(F)c1Cl. The molecule has 0 aliphatic carbocycles. The molecule has 0 aliphatic heterocycles. The Kier molecular flexibility index (Phi) is 5.40. The van der Waals surface area contributed by atoms with Gasteiger partial charge in [0.2, 0.25) is 0 Å². The van der Waals surface area contributed by atoms with Gasteiger partial charge in [-0.15, -0.1) is 11.8 Å². The van der Waals surface area contributed by atoms with E-state index in [-0.39, 0.29) is 16.9 Å². The number of benzene rings is 2. The van der Waals surface area contributed by atoms with Crippen molar-refractivity contribution < 1.29 is 8.78 Å². The summed E-state index contributed by atoms with van der Waals surface area (Å²) in [5, 5.41) is 0.134. The van der Waals surface area contributed by atoms with Gasteiger partial charge in [-0.3, -0.25) is 0 Å². The highest BCUT2D eigenvalue weighted by Gasteiger charge is 2.10. The standard InChI is InChI=1S/C15H14ClF2NS/c16-15-10(2-1-3-14(15)18)8-12(19)9-20-13-6-4-11(17)5-7-13/h1-7,12H,8-9,19H2. The summed E-state index contributed by atoms with van der Waals surface area (Å²) >= 11 is 7.43. The van der Waals surface area contributed by atoms with Gasteiger partial charge in [-0.05, 0) is 42.3 Å². The minimum absolute atomic E-state index is 0.134. The molecule has 0 heterocycles. The van der Waals surface area contributed by atoms with Crippen molar-refractivity contribution in [3.05, 3.63) is 64.7 Å². The maximum absolute atomic E-state index is 13.3. The van der Waals surface area contributed by atoms with Crippen molar-refractivity contribution in [2.45, 2.75) is 17.4 Å². The molecule has 2 aromatic rings. The smallest absolute Gasteiger partial charge is 0.142 e. The van der Waals surface area contributed by atoms with Crippen molar-refractivity contribution in [1.29, 1.82) is 0 Å². The molecule has 0 aliphatic rings. The lowest BCUT2D eigenvalue weighted by Gasteiger charge is -2.12. The van der Waals surface area contributed by atoms with Crippen LogP contribution in [0.25, 0.3) is 0 Å². The summed E-state index contributed by atoms with van der Waals surface area (Å²) < 4.78 is 26.1. The Balaban J connectivity index is 1.91. The highest BCUT2D eigenvalue weighted by atomic mass is 35.5. The van der Waals surface area contributed by atoms with Crippen LogP contribution in [0, 0.1) is 11.6 Å². The lowest BCUT2D eigenvalue weighted by atomic mass is 10.1. The zero-order chi connectivity index (χ0) is 14.5. The molecule has 1 atom stereocenters. The van der Waals surface area contributed by atoms with Crippen LogP contribution in [0.4, 0.5) is 8.78 Å². The molecule has 2 aromatic carbocycles. The van der Waals surface area contributed by atoms with Crippen LogP contribution < -0.4 is 5.73 Å². The predicted octanol–water partition coefficient (Wildman–Crippen LogP) is 4.28. The molecule has 0 spiro atoms. The Morgan fingerprint density at radius 3 is 2.50 bits per heavy atom. The van der Waals surface area contributed by atoms with Crippen molar-refractivity contribution in [1.82, 2.24) is 0 Å². The molecule has 0 saturated carbocycles. The van der Waals surface area contributed by atoms with E-state index < -0.39 is 5.82 Å². The van der Waals surface area contributed by atoms with Crippen molar-refractivity contribution in [3.8, 4) is 0 Å². The summed E-state index contributed by atoms with van der Waals surface area (Å²) in [6.45, 7) is 0. The van der Waals surface area contributed by atoms with Gasteiger partial charge in [0.25, 0.3) is 0 Å². The molecule has 0 fully saturated rings. The van der Waals surface area contributed by atoms with E-state index in [0.717, 1.165) is 4.90 Å². The van der Waals surface area contributed by atoms with Gasteiger partial charge in [0.05, 0.1) is 5.02 Å². The summed E-state index contributed by atoms with van der Waals surface area (Å²) in [6, 6.07) is 10.8. The van der Waals surface area contributed by atoms with Crippen LogP contribution in [-0.4, -0.2) is 11.8 Å². The van der Waals surface area contributed by atoms with E-state index in [4.69, 9.17) is 17.3 Å². The second-order valence-electron chi connectivity index (χ2n) is 4.44. The average Bonchev–Trinajstić information content (AvgIpc) is 2.43. The Morgan fingerprint density at radius 2 is 1.80 bits per heavy atom. The Morgan fingerprint density at radius 1 is 1.10 bits per heavy atom. The Bertz CT molecular complexity index is 575. The Hall–Kier alpha value is -1.10. The van der Waals surface area contributed by atoms with Crippen molar-refractivity contribution >= 4 is 23.4 Å². The highest BCUT2D eigenvalue weighted by Crippen LogP contribution is 2.23. The van der Waals surface area contributed by atoms with E-state index in [9.17, 15) is 8.78 Å². The van der Waals surface area contributed by atoms with Crippen LogP contribution in [0.1, 0.15) is 5.56 Å². The lowest BCUT2D eigenvalue weighted by molar-refractivity contribution is 0.623. The first-order valence-corrected chi connectivity index (χ1v) is 7.49. The summed E-state index contributed by atoms with van der Waals surface area (Å²) in [4.78, 5) is 0.951. The molecular formula is C15H14ClF2NS. The summed E-state index contributed by atoms with van der Waals surface area (Å²) in [6.07, 6.45) is 0.505. The fourth-order valence-corrected chi connectivity index (χ4v) is 2.84. The molecule has 5 heteroatoms.